The second kappa shape index (κ2) is 5.54. The zero-order valence-corrected chi connectivity index (χ0v) is 15.5. The first-order valence-electron chi connectivity index (χ1n) is 10.1. The molecule has 4 saturated carbocycles. The zero-order chi connectivity index (χ0) is 17.3. The molecule has 0 aromatic rings. The van der Waals surface area contributed by atoms with E-state index in [2.05, 4.69) is 13.8 Å². The van der Waals surface area contributed by atoms with Gasteiger partial charge in [-0.25, -0.2) is 0 Å². The van der Waals surface area contributed by atoms with Crippen LogP contribution in [0.3, 0.4) is 0 Å². The van der Waals surface area contributed by atoms with Crippen molar-refractivity contribution in [3.05, 3.63) is 0 Å². The zero-order valence-electron chi connectivity index (χ0n) is 15.5. The molecule has 9 atom stereocenters. The van der Waals surface area contributed by atoms with Crippen molar-refractivity contribution < 1.29 is 15.0 Å². The van der Waals surface area contributed by atoms with E-state index in [0.717, 1.165) is 38.5 Å². The van der Waals surface area contributed by atoms with Crippen LogP contribution in [0, 0.1) is 40.4 Å². The average Bonchev–Trinajstić information content (AvgIpc) is 2.84. The summed E-state index contributed by atoms with van der Waals surface area (Å²) >= 11 is 0. The lowest BCUT2D eigenvalue weighted by atomic mass is 9.44. The van der Waals surface area contributed by atoms with E-state index >= 15 is 0 Å². The van der Waals surface area contributed by atoms with Crippen LogP contribution in [0.1, 0.15) is 72.1 Å². The highest BCUT2D eigenvalue weighted by Gasteiger charge is 2.63. The van der Waals surface area contributed by atoms with Crippen LogP contribution in [0.4, 0.5) is 0 Å². The fraction of sp³-hybridized carbons (Fsp3) is 0.952. The molecule has 3 heteroatoms. The van der Waals surface area contributed by atoms with E-state index in [1.54, 1.807) is 6.92 Å². The number of rotatable bonds is 1. The summed E-state index contributed by atoms with van der Waals surface area (Å²) in [5.41, 5.74) is 0.182. The van der Waals surface area contributed by atoms with E-state index in [-0.39, 0.29) is 29.0 Å². The largest absolute Gasteiger partial charge is 0.393 e. The van der Waals surface area contributed by atoms with Crippen LogP contribution in [-0.4, -0.2) is 28.2 Å². The average molecular weight is 335 g/mol. The lowest BCUT2D eigenvalue weighted by molar-refractivity contribution is -0.178. The fourth-order valence-corrected chi connectivity index (χ4v) is 8.03. The van der Waals surface area contributed by atoms with Crippen molar-refractivity contribution in [2.24, 2.45) is 40.4 Å². The molecule has 0 amide bonds. The molecule has 0 aromatic carbocycles. The molecule has 0 aliphatic heterocycles. The van der Waals surface area contributed by atoms with Gasteiger partial charge in [0.2, 0.25) is 0 Å². The molecule has 0 radical (unpaired) electrons. The summed E-state index contributed by atoms with van der Waals surface area (Å²) in [6, 6.07) is 0. The lowest BCUT2D eigenvalue weighted by Crippen LogP contribution is -2.59. The number of carbonyl (C=O) groups excluding carboxylic acids is 1. The maximum Gasteiger partial charge on any atom is 0.133 e. The van der Waals surface area contributed by atoms with Gasteiger partial charge in [0.1, 0.15) is 5.78 Å². The normalized spacial score (nSPS) is 57.0. The van der Waals surface area contributed by atoms with Gasteiger partial charge in [-0.2, -0.15) is 0 Å². The molecule has 136 valence electrons. The van der Waals surface area contributed by atoms with Crippen LogP contribution in [0.25, 0.3) is 0 Å². The Morgan fingerprint density at radius 1 is 1.00 bits per heavy atom. The minimum absolute atomic E-state index is 0.00376. The Bertz CT molecular complexity index is 531. The number of carbonyl (C=O) groups is 1. The molecule has 0 heterocycles. The molecule has 0 spiro atoms. The summed E-state index contributed by atoms with van der Waals surface area (Å²) in [7, 11) is 0. The molecule has 0 bridgehead atoms. The van der Waals surface area contributed by atoms with Gasteiger partial charge >= 0.3 is 0 Å². The molecule has 2 N–H and O–H groups in total. The molecule has 24 heavy (non-hydrogen) atoms. The van der Waals surface area contributed by atoms with Crippen molar-refractivity contribution in [3.63, 3.8) is 0 Å². The second-order valence-electron chi connectivity index (χ2n) is 10.0. The Hall–Kier alpha value is -0.410. The highest BCUT2D eigenvalue weighted by atomic mass is 16.3. The minimum Gasteiger partial charge on any atom is -0.393 e. The quantitative estimate of drug-likeness (QED) is 0.771. The molecule has 1 unspecified atom stereocenters. The minimum atomic E-state index is -0.278. The van der Waals surface area contributed by atoms with Gasteiger partial charge in [0.15, 0.2) is 0 Å². The van der Waals surface area contributed by atoms with Crippen molar-refractivity contribution in [2.45, 2.75) is 84.3 Å². The third kappa shape index (κ3) is 2.19. The van der Waals surface area contributed by atoms with Crippen molar-refractivity contribution in [3.8, 4) is 0 Å². The Morgan fingerprint density at radius 3 is 2.46 bits per heavy atom. The third-order valence-electron chi connectivity index (χ3n) is 9.06. The highest BCUT2D eigenvalue weighted by molar-refractivity contribution is 5.79. The number of Topliss-reactive ketones (excluding diaryl/α,β-unsaturated/α-hetero) is 1. The lowest BCUT2D eigenvalue weighted by Gasteiger charge is -2.62. The monoisotopic (exact) mass is 334 g/mol. The van der Waals surface area contributed by atoms with Crippen LogP contribution in [0.15, 0.2) is 0 Å². The predicted molar refractivity (Wildman–Crippen MR) is 93.3 cm³/mol. The Balaban J connectivity index is 1.67. The van der Waals surface area contributed by atoms with E-state index in [1.165, 1.54) is 12.8 Å². The molecule has 4 fully saturated rings. The molecular formula is C21H34O3. The Kier molecular flexibility index (Phi) is 3.93. The van der Waals surface area contributed by atoms with Crippen molar-refractivity contribution >= 4 is 5.78 Å². The smallest absolute Gasteiger partial charge is 0.133 e. The van der Waals surface area contributed by atoms with Crippen LogP contribution in [0.2, 0.25) is 0 Å². The first-order chi connectivity index (χ1) is 11.3. The fourth-order valence-electron chi connectivity index (χ4n) is 8.03. The van der Waals surface area contributed by atoms with E-state index < -0.39 is 0 Å². The van der Waals surface area contributed by atoms with Gasteiger partial charge in [-0.15, -0.1) is 0 Å². The first kappa shape index (κ1) is 17.0. The molecule has 4 aliphatic rings. The third-order valence-corrected chi connectivity index (χ3v) is 9.06. The van der Waals surface area contributed by atoms with Crippen LogP contribution < -0.4 is 0 Å². The maximum absolute atomic E-state index is 12.2. The van der Waals surface area contributed by atoms with Gasteiger partial charge in [-0.05, 0) is 92.8 Å². The number of fused-ring (bicyclic) bond motifs is 5. The Morgan fingerprint density at radius 2 is 1.75 bits per heavy atom. The van der Waals surface area contributed by atoms with Crippen molar-refractivity contribution in [1.82, 2.24) is 0 Å². The van der Waals surface area contributed by atoms with Gasteiger partial charge in [-0.1, -0.05) is 13.8 Å². The van der Waals surface area contributed by atoms with Crippen molar-refractivity contribution in [1.29, 1.82) is 0 Å². The number of aliphatic hydroxyl groups excluding tert-OH is 2. The summed E-state index contributed by atoms with van der Waals surface area (Å²) in [4.78, 5) is 12.2. The van der Waals surface area contributed by atoms with Gasteiger partial charge in [0.25, 0.3) is 0 Å². The number of hydrogen-bond donors (Lipinski definition) is 2. The number of hydrogen-bond acceptors (Lipinski definition) is 3. The number of aliphatic hydroxyl groups is 2. The van der Waals surface area contributed by atoms with Crippen LogP contribution in [-0.2, 0) is 4.79 Å². The molecule has 0 aromatic heterocycles. The van der Waals surface area contributed by atoms with Crippen LogP contribution >= 0.6 is 0 Å². The molecular weight excluding hydrogens is 300 g/mol. The first-order valence-corrected chi connectivity index (χ1v) is 10.1. The second-order valence-corrected chi connectivity index (χ2v) is 10.0. The summed E-state index contributed by atoms with van der Waals surface area (Å²) in [5, 5.41) is 21.3. The molecule has 4 rings (SSSR count). The van der Waals surface area contributed by atoms with Gasteiger partial charge < -0.3 is 10.2 Å². The van der Waals surface area contributed by atoms with Crippen molar-refractivity contribution in [2.75, 3.05) is 0 Å². The summed E-state index contributed by atoms with van der Waals surface area (Å²) in [6.45, 7) is 6.43. The summed E-state index contributed by atoms with van der Waals surface area (Å²) < 4.78 is 0. The molecule has 3 nitrogen and oxygen atoms in total. The van der Waals surface area contributed by atoms with E-state index in [9.17, 15) is 15.0 Å². The molecule has 4 aliphatic carbocycles. The topological polar surface area (TPSA) is 57.5 Å². The van der Waals surface area contributed by atoms with E-state index in [0.29, 0.717) is 29.5 Å². The summed E-state index contributed by atoms with van der Waals surface area (Å²) in [6.07, 6.45) is 7.80. The van der Waals surface area contributed by atoms with E-state index in [4.69, 9.17) is 0 Å². The van der Waals surface area contributed by atoms with Gasteiger partial charge in [-0.3, -0.25) is 4.79 Å². The highest BCUT2D eigenvalue weighted by Crippen LogP contribution is 2.67. The number of ketones is 1. The van der Waals surface area contributed by atoms with Gasteiger partial charge in [0, 0.05) is 5.92 Å². The standard InChI is InChI=1S/C21H34O3/c1-12(22)16-6-7-17-15-5-4-13-10-14(23)8-9-20(13,2)19(15)18(24)11-21(16,17)3/h13-19,23-24H,4-11H2,1-3H3/t13-,14+,15-,16+,17-,18?,19+,20-,21+/m0/s1. The maximum atomic E-state index is 12.2. The van der Waals surface area contributed by atoms with Crippen LogP contribution in [0.5, 0.6) is 0 Å². The SMILES string of the molecule is CC(=O)[C@H]1CC[C@H]2[C@@H]3CC[C@H]4C[C@H](O)CC[C@]4(C)[C@H]3C(O)C[C@]12C. The predicted octanol–water partition coefficient (Wildman–Crippen LogP) is 3.57. The van der Waals surface area contributed by atoms with Gasteiger partial charge in [0.05, 0.1) is 12.2 Å². The van der Waals surface area contributed by atoms with E-state index in [1.807, 2.05) is 0 Å². The Labute approximate surface area is 146 Å². The molecule has 0 saturated heterocycles. The summed E-state index contributed by atoms with van der Waals surface area (Å²) in [5.74, 6) is 2.58.